The summed E-state index contributed by atoms with van der Waals surface area (Å²) in [6, 6.07) is 15.2. The van der Waals surface area contributed by atoms with Crippen molar-refractivity contribution in [2.24, 2.45) is 5.73 Å². The second-order valence-electron chi connectivity index (χ2n) is 4.94. The first-order valence-electron chi connectivity index (χ1n) is 6.71. The summed E-state index contributed by atoms with van der Waals surface area (Å²) in [6.07, 6.45) is 1.76. The standard InChI is InChI=1S/C17H15ClN2O/c1-11(19)13-5-7-17(15(18)9-13)21-14-6-4-12-3-2-8-20-16(12)10-14/h2-11H,19H2,1H3/t11-/m1/s1. The Morgan fingerprint density at radius 1 is 1.14 bits per heavy atom. The normalized spacial score (nSPS) is 12.3. The molecule has 0 amide bonds. The Morgan fingerprint density at radius 3 is 2.76 bits per heavy atom. The van der Waals surface area contributed by atoms with Gasteiger partial charge in [-0.15, -0.1) is 0 Å². The number of rotatable bonds is 3. The van der Waals surface area contributed by atoms with Gasteiger partial charge in [-0.2, -0.15) is 0 Å². The number of pyridine rings is 1. The summed E-state index contributed by atoms with van der Waals surface area (Å²) in [7, 11) is 0. The molecule has 0 fully saturated rings. The minimum atomic E-state index is -0.0542. The van der Waals surface area contributed by atoms with Crippen molar-refractivity contribution >= 4 is 22.5 Å². The maximum absolute atomic E-state index is 6.25. The predicted octanol–water partition coefficient (Wildman–Crippen LogP) is 4.70. The molecule has 0 saturated carbocycles. The first-order valence-corrected chi connectivity index (χ1v) is 7.09. The van der Waals surface area contributed by atoms with Crippen molar-refractivity contribution in [1.82, 2.24) is 4.98 Å². The van der Waals surface area contributed by atoms with Gasteiger partial charge in [0.05, 0.1) is 10.5 Å². The lowest BCUT2D eigenvalue weighted by atomic mass is 10.1. The van der Waals surface area contributed by atoms with Crippen molar-refractivity contribution < 1.29 is 4.74 Å². The zero-order chi connectivity index (χ0) is 14.8. The van der Waals surface area contributed by atoms with Crippen LogP contribution in [0.1, 0.15) is 18.5 Å². The maximum atomic E-state index is 6.25. The molecule has 0 aliphatic carbocycles. The number of aromatic nitrogens is 1. The molecule has 0 aliphatic rings. The topological polar surface area (TPSA) is 48.1 Å². The third-order valence-electron chi connectivity index (χ3n) is 3.29. The minimum absolute atomic E-state index is 0.0542. The van der Waals surface area contributed by atoms with Crippen LogP contribution in [-0.2, 0) is 0 Å². The van der Waals surface area contributed by atoms with Crippen molar-refractivity contribution in [3.63, 3.8) is 0 Å². The number of nitrogens with zero attached hydrogens (tertiary/aromatic N) is 1. The highest BCUT2D eigenvalue weighted by atomic mass is 35.5. The van der Waals surface area contributed by atoms with Gasteiger partial charge in [0, 0.05) is 23.7 Å². The van der Waals surface area contributed by atoms with Crippen LogP contribution in [0, 0.1) is 0 Å². The number of benzene rings is 2. The molecule has 0 spiro atoms. The summed E-state index contributed by atoms with van der Waals surface area (Å²) in [5.41, 5.74) is 7.71. The van der Waals surface area contributed by atoms with E-state index in [1.807, 2.05) is 55.5 Å². The van der Waals surface area contributed by atoms with Gasteiger partial charge in [0.1, 0.15) is 11.5 Å². The Balaban J connectivity index is 1.91. The number of ether oxygens (including phenoxy) is 1. The largest absolute Gasteiger partial charge is 0.456 e. The fourth-order valence-corrected chi connectivity index (χ4v) is 2.35. The number of hydrogen-bond donors (Lipinski definition) is 1. The summed E-state index contributed by atoms with van der Waals surface area (Å²) in [5, 5.41) is 1.62. The number of halogens is 1. The van der Waals surface area contributed by atoms with Gasteiger partial charge in [0.15, 0.2) is 0 Å². The average Bonchev–Trinajstić information content (AvgIpc) is 2.49. The molecule has 1 aromatic heterocycles. The molecule has 1 heterocycles. The van der Waals surface area contributed by atoms with Gasteiger partial charge in [0.2, 0.25) is 0 Å². The first kappa shape index (κ1) is 13.9. The molecule has 0 bridgehead atoms. The van der Waals surface area contributed by atoms with Crippen LogP contribution in [0.25, 0.3) is 10.9 Å². The SMILES string of the molecule is C[C@@H](N)c1ccc(Oc2ccc3cccnc3c2)c(Cl)c1. The van der Waals surface area contributed by atoms with Crippen molar-refractivity contribution in [2.75, 3.05) is 0 Å². The molecule has 21 heavy (non-hydrogen) atoms. The van der Waals surface area contributed by atoms with Gasteiger partial charge in [-0.1, -0.05) is 23.7 Å². The molecule has 3 aromatic rings. The lowest BCUT2D eigenvalue weighted by molar-refractivity contribution is 0.483. The van der Waals surface area contributed by atoms with E-state index in [1.54, 1.807) is 6.20 Å². The van der Waals surface area contributed by atoms with Gasteiger partial charge < -0.3 is 10.5 Å². The van der Waals surface area contributed by atoms with E-state index in [9.17, 15) is 0 Å². The molecule has 2 aromatic carbocycles. The molecule has 106 valence electrons. The van der Waals surface area contributed by atoms with Gasteiger partial charge in [-0.05, 0) is 42.8 Å². The lowest BCUT2D eigenvalue weighted by Crippen LogP contribution is -2.04. The van der Waals surface area contributed by atoms with E-state index >= 15 is 0 Å². The monoisotopic (exact) mass is 298 g/mol. The Kier molecular flexibility index (Phi) is 3.78. The minimum Gasteiger partial charge on any atom is -0.456 e. The molecule has 0 saturated heterocycles. The molecule has 3 rings (SSSR count). The second-order valence-corrected chi connectivity index (χ2v) is 5.35. The van der Waals surface area contributed by atoms with Crippen molar-refractivity contribution in [3.8, 4) is 11.5 Å². The molecule has 0 aliphatic heterocycles. The zero-order valence-corrected chi connectivity index (χ0v) is 12.3. The molecule has 3 nitrogen and oxygen atoms in total. The molecule has 4 heteroatoms. The molecular weight excluding hydrogens is 284 g/mol. The lowest BCUT2D eigenvalue weighted by Gasteiger charge is -2.11. The van der Waals surface area contributed by atoms with E-state index < -0.39 is 0 Å². The van der Waals surface area contributed by atoms with Crippen LogP contribution in [0.3, 0.4) is 0 Å². The van der Waals surface area contributed by atoms with Crippen molar-refractivity contribution in [3.05, 3.63) is 65.3 Å². The van der Waals surface area contributed by atoms with Crippen LogP contribution in [0.5, 0.6) is 11.5 Å². The fourth-order valence-electron chi connectivity index (χ4n) is 2.12. The first-order chi connectivity index (χ1) is 10.1. The highest BCUT2D eigenvalue weighted by Gasteiger charge is 2.07. The quantitative estimate of drug-likeness (QED) is 0.762. The van der Waals surface area contributed by atoms with Crippen LogP contribution in [0.4, 0.5) is 0 Å². The Labute approximate surface area is 128 Å². The zero-order valence-electron chi connectivity index (χ0n) is 11.6. The van der Waals surface area contributed by atoms with E-state index in [4.69, 9.17) is 22.1 Å². The second kappa shape index (κ2) is 5.72. The smallest absolute Gasteiger partial charge is 0.146 e. The molecule has 0 unspecified atom stereocenters. The van der Waals surface area contributed by atoms with E-state index in [0.29, 0.717) is 16.5 Å². The molecule has 2 N–H and O–H groups in total. The summed E-state index contributed by atoms with van der Waals surface area (Å²) in [6.45, 7) is 1.92. The maximum Gasteiger partial charge on any atom is 0.146 e. The highest BCUT2D eigenvalue weighted by molar-refractivity contribution is 6.32. The van der Waals surface area contributed by atoms with Gasteiger partial charge in [-0.3, -0.25) is 4.98 Å². The van der Waals surface area contributed by atoms with Crippen LogP contribution in [0.15, 0.2) is 54.7 Å². The average molecular weight is 299 g/mol. The van der Waals surface area contributed by atoms with Crippen LogP contribution in [-0.4, -0.2) is 4.98 Å². The number of fused-ring (bicyclic) bond motifs is 1. The van der Waals surface area contributed by atoms with Gasteiger partial charge in [-0.25, -0.2) is 0 Å². The third-order valence-corrected chi connectivity index (χ3v) is 3.58. The van der Waals surface area contributed by atoms with Crippen molar-refractivity contribution in [1.29, 1.82) is 0 Å². The summed E-state index contributed by atoms with van der Waals surface area (Å²) in [4.78, 5) is 4.31. The Morgan fingerprint density at radius 2 is 2.00 bits per heavy atom. The van der Waals surface area contributed by atoms with E-state index in [0.717, 1.165) is 16.5 Å². The fraction of sp³-hybridized carbons (Fsp3) is 0.118. The van der Waals surface area contributed by atoms with Crippen molar-refractivity contribution in [2.45, 2.75) is 13.0 Å². The van der Waals surface area contributed by atoms with Crippen LogP contribution >= 0.6 is 11.6 Å². The summed E-state index contributed by atoms with van der Waals surface area (Å²) < 4.78 is 5.84. The van der Waals surface area contributed by atoms with Crippen LogP contribution < -0.4 is 10.5 Å². The number of hydrogen-bond acceptors (Lipinski definition) is 3. The highest BCUT2D eigenvalue weighted by Crippen LogP contribution is 2.32. The van der Waals surface area contributed by atoms with E-state index in [-0.39, 0.29) is 6.04 Å². The predicted molar refractivity (Wildman–Crippen MR) is 85.9 cm³/mol. The van der Waals surface area contributed by atoms with E-state index in [1.165, 1.54) is 0 Å². The van der Waals surface area contributed by atoms with Crippen LogP contribution in [0.2, 0.25) is 5.02 Å². The van der Waals surface area contributed by atoms with E-state index in [2.05, 4.69) is 4.98 Å². The third kappa shape index (κ3) is 2.99. The van der Waals surface area contributed by atoms with Gasteiger partial charge in [0.25, 0.3) is 0 Å². The molecule has 0 radical (unpaired) electrons. The summed E-state index contributed by atoms with van der Waals surface area (Å²) >= 11 is 6.25. The molecule has 1 atom stereocenters. The summed E-state index contributed by atoms with van der Waals surface area (Å²) in [5.74, 6) is 1.31. The van der Waals surface area contributed by atoms with Gasteiger partial charge >= 0.3 is 0 Å². The number of nitrogens with two attached hydrogens (primary N) is 1. The Hall–Kier alpha value is -2.10. The molecular formula is C17H15ClN2O. The Bertz CT molecular complexity index is 787.